The van der Waals surface area contributed by atoms with E-state index in [1.807, 2.05) is 33.9 Å². The smallest absolute Gasteiger partial charge is 0.168 e. The first-order valence-corrected chi connectivity index (χ1v) is 34.9. The van der Waals surface area contributed by atoms with Gasteiger partial charge >= 0.3 is 0 Å². The van der Waals surface area contributed by atoms with Crippen molar-refractivity contribution in [3.05, 3.63) is 94.9 Å². The van der Waals surface area contributed by atoms with E-state index in [1.54, 1.807) is 34.8 Å². The maximum absolute atomic E-state index is 16.7. The van der Waals surface area contributed by atoms with Crippen molar-refractivity contribution >= 4 is 87.6 Å². The van der Waals surface area contributed by atoms with E-state index in [1.165, 1.54) is 66.1 Å². The number of aryl methyl sites for hydroxylation is 2. The highest BCUT2D eigenvalue weighted by atomic mass is 32.1. The maximum atomic E-state index is 16.7. The minimum Gasteiger partial charge on any atom is -0.491 e. The molecule has 0 amide bonds. The van der Waals surface area contributed by atoms with E-state index in [4.69, 9.17) is 29.9 Å². The van der Waals surface area contributed by atoms with Crippen LogP contribution in [0.25, 0.3) is 94.4 Å². The standard InChI is InChI=1S/C70H86F2N6O2S4/c1-11-19-23-45(15-5)39-77-73-63-43(9)27-28-51(64(63)74-77)58-35-33-56(82-58)49-29-30-50(62(72)61(49)71)57-34-36-59(83-57)52-31-32-53(66-65(52)75-78(76-66)40-46(16-6)24-20-12-2)60-38-55-68(80-42-48(18-8)26-22-14-4)69-54(37-44(10)81-69)67(70(55)84-60)79-41-47(17-7)25-21-13-3/h27-38,45-48H,11-26,39-42H2,1-10H3. The van der Waals surface area contributed by atoms with Crippen LogP contribution >= 0.6 is 45.3 Å². The lowest BCUT2D eigenvalue weighted by Gasteiger charge is -2.19. The molecule has 8 nitrogen and oxygen atoms in total. The Kier molecular flexibility index (Phi) is 20.7. The van der Waals surface area contributed by atoms with Crippen LogP contribution in [0.3, 0.4) is 0 Å². The van der Waals surface area contributed by atoms with Crippen LogP contribution in [0.4, 0.5) is 8.78 Å². The molecule has 4 atom stereocenters. The van der Waals surface area contributed by atoms with Crippen LogP contribution in [0, 0.1) is 49.2 Å². The highest BCUT2D eigenvalue weighted by Gasteiger charge is 2.27. The third kappa shape index (κ3) is 13.2. The Morgan fingerprint density at radius 3 is 1.24 bits per heavy atom. The fourth-order valence-electron chi connectivity index (χ4n) is 11.9. The number of unbranched alkanes of at least 4 members (excludes halogenated alkanes) is 4. The van der Waals surface area contributed by atoms with Crippen LogP contribution in [0.15, 0.2) is 72.8 Å². The van der Waals surface area contributed by atoms with Crippen LogP contribution in [0.5, 0.6) is 11.5 Å². The van der Waals surface area contributed by atoms with Gasteiger partial charge in [-0.15, -0.1) is 45.3 Å². The molecule has 0 aliphatic heterocycles. The van der Waals surface area contributed by atoms with Gasteiger partial charge in [0.15, 0.2) is 11.6 Å². The molecule has 0 spiro atoms. The highest BCUT2D eigenvalue weighted by Crippen LogP contribution is 2.53. The van der Waals surface area contributed by atoms with Crippen molar-refractivity contribution in [3.8, 4) is 63.7 Å². The van der Waals surface area contributed by atoms with Crippen molar-refractivity contribution in [2.45, 2.75) is 185 Å². The van der Waals surface area contributed by atoms with Gasteiger partial charge in [0.2, 0.25) is 0 Å². The van der Waals surface area contributed by atoms with Gasteiger partial charge in [0, 0.05) is 67.9 Å². The molecule has 6 heterocycles. The second-order valence-corrected chi connectivity index (χ2v) is 28.0. The SMILES string of the molecule is CCCCC(CC)COc1c2cc(-c3ccc(-c4ccc(-c5ccc(-c6ccc(-c7ccc(C)c8nn(CC(CC)CCCC)nc78)s6)c(F)c5F)s4)c4nn(CC(CC)CCCC)nc34)sc2c(OCC(CC)CCCC)c2cc(C)sc12. The fraction of sp³-hybridized carbons (Fsp3) is 0.486. The summed E-state index contributed by atoms with van der Waals surface area (Å²) < 4.78 is 49.7. The normalized spacial score (nSPS) is 13.5. The van der Waals surface area contributed by atoms with E-state index in [9.17, 15) is 0 Å². The monoisotopic (exact) mass is 1210 g/mol. The van der Waals surface area contributed by atoms with Gasteiger partial charge in [-0.25, -0.2) is 8.78 Å². The zero-order valence-corrected chi connectivity index (χ0v) is 54.5. The highest BCUT2D eigenvalue weighted by molar-refractivity contribution is 7.23. The minimum absolute atomic E-state index is 0.228. The first-order chi connectivity index (χ1) is 40.9. The number of ether oxygens (including phenoxy) is 2. The molecular formula is C70H86F2N6O2S4. The maximum Gasteiger partial charge on any atom is 0.168 e. The second kappa shape index (κ2) is 28.3. The van der Waals surface area contributed by atoms with Crippen molar-refractivity contribution in [2.75, 3.05) is 13.2 Å². The third-order valence-electron chi connectivity index (χ3n) is 17.4. The lowest BCUT2D eigenvalue weighted by atomic mass is 10.00. The number of halogens is 2. The zero-order valence-electron chi connectivity index (χ0n) is 51.3. The Morgan fingerprint density at radius 2 is 0.786 bits per heavy atom. The van der Waals surface area contributed by atoms with Gasteiger partial charge in [-0.2, -0.15) is 30.0 Å². The first kappa shape index (κ1) is 61.5. The van der Waals surface area contributed by atoms with Crippen molar-refractivity contribution in [3.63, 3.8) is 0 Å². The molecule has 14 heteroatoms. The molecule has 10 aromatic rings. The van der Waals surface area contributed by atoms with E-state index in [0.29, 0.717) is 53.2 Å². The number of nitrogens with zero attached hydrogens (tertiary/aromatic N) is 6. The molecular weight excluding hydrogens is 1120 g/mol. The molecule has 0 aliphatic carbocycles. The Labute approximate surface area is 513 Å². The summed E-state index contributed by atoms with van der Waals surface area (Å²) in [5, 5.41) is 22.9. The molecule has 6 aromatic heterocycles. The molecule has 0 saturated carbocycles. The molecule has 0 saturated heterocycles. The van der Waals surface area contributed by atoms with Gasteiger partial charge in [-0.1, -0.05) is 157 Å². The lowest BCUT2D eigenvalue weighted by molar-refractivity contribution is 0.235. The van der Waals surface area contributed by atoms with Gasteiger partial charge in [0.05, 0.1) is 35.7 Å². The molecule has 446 valence electrons. The molecule has 4 aromatic carbocycles. The van der Waals surface area contributed by atoms with Crippen molar-refractivity contribution in [1.29, 1.82) is 0 Å². The molecule has 0 aliphatic rings. The van der Waals surface area contributed by atoms with Crippen LogP contribution < -0.4 is 9.47 Å². The second-order valence-electron chi connectivity index (χ2n) is 23.5. The topological polar surface area (TPSA) is 79.9 Å². The van der Waals surface area contributed by atoms with E-state index in [0.717, 1.165) is 161 Å². The molecule has 0 N–H and O–H groups in total. The van der Waals surface area contributed by atoms with Crippen LogP contribution in [-0.2, 0) is 13.1 Å². The molecule has 10 rings (SSSR count). The fourth-order valence-corrected chi connectivity index (χ4v) is 16.2. The zero-order chi connectivity index (χ0) is 59.0. The van der Waals surface area contributed by atoms with Gasteiger partial charge in [-0.05, 0) is 117 Å². The Hall–Kier alpha value is -5.54. The number of hydrogen-bond acceptors (Lipinski definition) is 10. The Balaban J connectivity index is 1.01. The predicted octanol–water partition coefficient (Wildman–Crippen LogP) is 22.6. The van der Waals surface area contributed by atoms with E-state index >= 15 is 8.78 Å². The molecule has 0 fully saturated rings. The summed E-state index contributed by atoms with van der Waals surface area (Å²) in [7, 11) is 0. The van der Waals surface area contributed by atoms with Crippen molar-refractivity contribution < 1.29 is 18.3 Å². The average molecular weight is 1210 g/mol. The Bertz CT molecular complexity index is 3750. The summed E-state index contributed by atoms with van der Waals surface area (Å²) in [6, 6.07) is 24.3. The van der Waals surface area contributed by atoms with E-state index in [2.05, 4.69) is 106 Å². The van der Waals surface area contributed by atoms with Crippen LogP contribution in [0.2, 0.25) is 0 Å². The van der Waals surface area contributed by atoms with Crippen LogP contribution in [0.1, 0.15) is 169 Å². The minimum atomic E-state index is -0.863. The molecule has 84 heavy (non-hydrogen) atoms. The summed E-state index contributed by atoms with van der Waals surface area (Å²) in [6.07, 6.45) is 18.2. The summed E-state index contributed by atoms with van der Waals surface area (Å²) >= 11 is 6.44. The largest absolute Gasteiger partial charge is 0.491 e. The van der Waals surface area contributed by atoms with E-state index < -0.39 is 11.6 Å². The number of rotatable bonds is 31. The van der Waals surface area contributed by atoms with Gasteiger partial charge in [-0.3, -0.25) is 0 Å². The van der Waals surface area contributed by atoms with Gasteiger partial charge < -0.3 is 9.47 Å². The van der Waals surface area contributed by atoms with Gasteiger partial charge in [0.25, 0.3) is 0 Å². The molecule has 4 unspecified atom stereocenters. The average Bonchev–Trinajstić information content (AvgIpc) is 1.90. The number of fused-ring (bicyclic) bond motifs is 4. The third-order valence-corrected chi connectivity index (χ3v) is 21.9. The summed E-state index contributed by atoms with van der Waals surface area (Å²) in [5.74, 6) is 2.06. The summed E-state index contributed by atoms with van der Waals surface area (Å²) in [4.78, 5) is 9.22. The number of hydrogen-bond donors (Lipinski definition) is 0. The van der Waals surface area contributed by atoms with Crippen molar-refractivity contribution in [2.24, 2.45) is 23.7 Å². The summed E-state index contributed by atoms with van der Waals surface area (Å²) in [5.41, 5.74) is 7.70. The molecule has 0 radical (unpaired) electrons. The summed E-state index contributed by atoms with van der Waals surface area (Å²) in [6.45, 7) is 25.1. The molecule has 0 bridgehead atoms. The number of thiophene rings is 4. The van der Waals surface area contributed by atoms with Crippen molar-refractivity contribution in [1.82, 2.24) is 30.0 Å². The number of benzene rings is 4. The Morgan fingerprint density at radius 1 is 0.417 bits per heavy atom. The number of aromatic nitrogens is 6. The first-order valence-electron chi connectivity index (χ1n) is 31.6. The van der Waals surface area contributed by atoms with E-state index in [-0.39, 0.29) is 11.1 Å². The van der Waals surface area contributed by atoms with Crippen LogP contribution in [-0.4, -0.2) is 43.2 Å². The predicted molar refractivity (Wildman–Crippen MR) is 356 cm³/mol. The lowest BCUT2D eigenvalue weighted by Crippen LogP contribution is -2.12. The quantitative estimate of drug-likeness (QED) is 0.0431. The van der Waals surface area contributed by atoms with Gasteiger partial charge in [0.1, 0.15) is 33.6 Å².